The van der Waals surface area contributed by atoms with Gasteiger partial charge in [-0.05, 0) is 18.6 Å². The van der Waals surface area contributed by atoms with Crippen LogP contribution in [-0.4, -0.2) is 16.1 Å². The maximum Gasteiger partial charge on any atom is 0.278 e. The van der Waals surface area contributed by atoms with Gasteiger partial charge in [0.2, 0.25) is 0 Å². The van der Waals surface area contributed by atoms with Gasteiger partial charge in [0, 0.05) is 0 Å². The van der Waals surface area contributed by atoms with Crippen molar-refractivity contribution in [1.29, 1.82) is 0 Å². The highest BCUT2D eigenvalue weighted by Crippen LogP contribution is 2.18. The Morgan fingerprint density at radius 2 is 2.22 bits per heavy atom. The molecule has 0 fully saturated rings. The first-order chi connectivity index (χ1) is 8.63. The fourth-order valence-electron chi connectivity index (χ4n) is 1.57. The highest BCUT2D eigenvalue weighted by Gasteiger charge is 2.17. The fourth-order valence-corrected chi connectivity index (χ4v) is 1.57. The van der Waals surface area contributed by atoms with Gasteiger partial charge in [-0.2, -0.15) is 5.10 Å². The van der Waals surface area contributed by atoms with Crippen molar-refractivity contribution < 1.29 is 9.18 Å². The summed E-state index contributed by atoms with van der Waals surface area (Å²) < 4.78 is 13.4. The first-order valence-corrected chi connectivity index (χ1v) is 5.52. The maximum absolute atomic E-state index is 13.4. The quantitative estimate of drug-likeness (QED) is 0.776. The van der Waals surface area contributed by atoms with Gasteiger partial charge in [0.25, 0.3) is 5.91 Å². The van der Waals surface area contributed by atoms with Crippen LogP contribution < -0.4 is 11.1 Å². The minimum absolute atomic E-state index is 0.0788. The van der Waals surface area contributed by atoms with Crippen molar-refractivity contribution >= 4 is 17.3 Å². The van der Waals surface area contributed by atoms with Gasteiger partial charge in [0.1, 0.15) is 5.82 Å². The molecule has 1 heterocycles. The standard InChI is InChI=1S/C12H13FN4O/c1-2-8-10(14)11(17-16-8)12(18)15-9-6-4-3-5-7(9)13/h3-6H,2,14H2,1H3,(H,15,18)(H,16,17). The number of aromatic amines is 1. The van der Waals surface area contributed by atoms with Gasteiger partial charge in [-0.1, -0.05) is 19.1 Å². The Balaban J connectivity index is 2.22. The summed E-state index contributed by atoms with van der Waals surface area (Å²) in [6, 6.07) is 5.91. The van der Waals surface area contributed by atoms with Crippen LogP contribution in [0.2, 0.25) is 0 Å². The second-order valence-corrected chi connectivity index (χ2v) is 3.75. The number of para-hydroxylation sites is 1. The van der Waals surface area contributed by atoms with E-state index >= 15 is 0 Å². The lowest BCUT2D eigenvalue weighted by Crippen LogP contribution is -2.15. The van der Waals surface area contributed by atoms with E-state index in [0.717, 1.165) is 0 Å². The lowest BCUT2D eigenvalue weighted by atomic mass is 10.2. The van der Waals surface area contributed by atoms with Crippen molar-refractivity contribution in [2.45, 2.75) is 13.3 Å². The van der Waals surface area contributed by atoms with Crippen molar-refractivity contribution in [3.63, 3.8) is 0 Å². The predicted octanol–water partition coefficient (Wildman–Crippen LogP) is 1.95. The van der Waals surface area contributed by atoms with E-state index in [0.29, 0.717) is 17.8 Å². The molecule has 18 heavy (non-hydrogen) atoms. The number of benzene rings is 1. The average molecular weight is 248 g/mol. The third-order valence-electron chi connectivity index (χ3n) is 2.57. The predicted molar refractivity (Wildman–Crippen MR) is 66.7 cm³/mol. The summed E-state index contributed by atoms with van der Waals surface area (Å²) in [7, 11) is 0. The Kier molecular flexibility index (Phi) is 3.27. The molecule has 0 spiro atoms. The summed E-state index contributed by atoms with van der Waals surface area (Å²) in [5, 5.41) is 8.93. The van der Waals surface area contributed by atoms with Crippen molar-refractivity contribution in [3.8, 4) is 0 Å². The highest BCUT2D eigenvalue weighted by molar-refractivity contribution is 6.06. The number of carbonyl (C=O) groups excluding carboxylic acids is 1. The van der Waals surface area contributed by atoms with Crippen LogP contribution in [0.5, 0.6) is 0 Å². The molecule has 0 aliphatic carbocycles. The molecule has 0 aliphatic rings. The Bertz CT molecular complexity index is 579. The molecule has 2 rings (SSSR count). The zero-order valence-electron chi connectivity index (χ0n) is 9.83. The number of aromatic nitrogens is 2. The van der Waals surface area contributed by atoms with Gasteiger partial charge in [-0.3, -0.25) is 9.89 Å². The molecule has 0 bridgehead atoms. The van der Waals surface area contributed by atoms with E-state index in [1.54, 1.807) is 12.1 Å². The fraction of sp³-hybridized carbons (Fsp3) is 0.167. The van der Waals surface area contributed by atoms with Crippen LogP contribution in [0, 0.1) is 5.82 Å². The minimum atomic E-state index is -0.534. The second-order valence-electron chi connectivity index (χ2n) is 3.75. The molecule has 4 N–H and O–H groups in total. The Morgan fingerprint density at radius 1 is 1.50 bits per heavy atom. The van der Waals surface area contributed by atoms with E-state index < -0.39 is 11.7 Å². The molecule has 0 radical (unpaired) electrons. The van der Waals surface area contributed by atoms with Gasteiger partial charge in [-0.25, -0.2) is 4.39 Å². The molecule has 1 aromatic heterocycles. The summed E-state index contributed by atoms with van der Waals surface area (Å²) in [4.78, 5) is 11.9. The number of H-pyrrole nitrogens is 1. The van der Waals surface area contributed by atoms with Crippen LogP contribution in [0.1, 0.15) is 23.1 Å². The van der Waals surface area contributed by atoms with E-state index in [-0.39, 0.29) is 11.4 Å². The minimum Gasteiger partial charge on any atom is -0.395 e. The zero-order valence-corrected chi connectivity index (χ0v) is 9.83. The van der Waals surface area contributed by atoms with Gasteiger partial charge < -0.3 is 11.1 Å². The lowest BCUT2D eigenvalue weighted by molar-refractivity contribution is 0.102. The Hall–Kier alpha value is -2.37. The molecule has 0 saturated heterocycles. The van der Waals surface area contributed by atoms with E-state index in [1.807, 2.05) is 6.92 Å². The van der Waals surface area contributed by atoms with E-state index in [1.165, 1.54) is 12.1 Å². The molecular formula is C12H13FN4O. The highest BCUT2D eigenvalue weighted by atomic mass is 19.1. The van der Waals surface area contributed by atoms with Gasteiger partial charge >= 0.3 is 0 Å². The summed E-state index contributed by atoms with van der Waals surface area (Å²) in [6.07, 6.45) is 0.645. The monoisotopic (exact) mass is 248 g/mol. The molecule has 0 aliphatic heterocycles. The number of nitrogens with one attached hydrogen (secondary N) is 2. The molecule has 94 valence electrons. The number of halogens is 1. The average Bonchev–Trinajstić information content (AvgIpc) is 2.73. The van der Waals surface area contributed by atoms with Crippen LogP contribution in [0.15, 0.2) is 24.3 Å². The lowest BCUT2D eigenvalue weighted by Gasteiger charge is -2.04. The largest absolute Gasteiger partial charge is 0.395 e. The molecule has 2 aromatic rings. The molecule has 1 aromatic carbocycles. The number of amides is 1. The third-order valence-corrected chi connectivity index (χ3v) is 2.57. The number of hydrogen-bond donors (Lipinski definition) is 3. The van der Waals surface area contributed by atoms with Crippen molar-refractivity contribution in [2.75, 3.05) is 11.1 Å². The molecular weight excluding hydrogens is 235 g/mol. The molecule has 0 atom stereocenters. The number of nitrogen functional groups attached to an aromatic ring is 1. The molecule has 0 unspecified atom stereocenters. The van der Waals surface area contributed by atoms with Crippen molar-refractivity contribution in [2.24, 2.45) is 0 Å². The molecule has 6 heteroatoms. The van der Waals surface area contributed by atoms with Crippen LogP contribution in [0.25, 0.3) is 0 Å². The zero-order chi connectivity index (χ0) is 13.1. The van der Waals surface area contributed by atoms with Gasteiger partial charge in [0.05, 0.1) is 17.1 Å². The first-order valence-electron chi connectivity index (χ1n) is 5.52. The summed E-state index contributed by atoms with van der Waals surface area (Å²) in [5.74, 6) is -1.04. The number of anilines is 2. The summed E-state index contributed by atoms with van der Waals surface area (Å²) in [5.41, 5.74) is 6.92. The first kappa shape index (κ1) is 12.1. The third kappa shape index (κ3) is 2.17. The second kappa shape index (κ2) is 4.87. The maximum atomic E-state index is 13.4. The van der Waals surface area contributed by atoms with Gasteiger partial charge in [-0.15, -0.1) is 0 Å². The number of hydrogen-bond acceptors (Lipinski definition) is 3. The summed E-state index contributed by atoms with van der Waals surface area (Å²) in [6.45, 7) is 1.89. The Morgan fingerprint density at radius 3 is 2.83 bits per heavy atom. The van der Waals surface area contributed by atoms with E-state index in [9.17, 15) is 9.18 Å². The van der Waals surface area contributed by atoms with Crippen LogP contribution in [-0.2, 0) is 6.42 Å². The van der Waals surface area contributed by atoms with Crippen molar-refractivity contribution in [1.82, 2.24) is 10.2 Å². The topological polar surface area (TPSA) is 83.8 Å². The summed E-state index contributed by atoms with van der Waals surface area (Å²) >= 11 is 0. The molecule has 1 amide bonds. The van der Waals surface area contributed by atoms with Crippen LogP contribution in [0.4, 0.5) is 15.8 Å². The van der Waals surface area contributed by atoms with Crippen LogP contribution in [0.3, 0.4) is 0 Å². The Labute approximate surface area is 103 Å². The van der Waals surface area contributed by atoms with E-state index in [4.69, 9.17) is 5.73 Å². The van der Waals surface area contributed by atoms with E-state index in [2.05, 4.69) is 15.5 Å². The normalized spacial score (nSPS) is 10.3. The van der Waals surface area contributed by atoms with Gasteiger partial charge in [0.15, 0.2) is 5.69 Å². The number of nitrogens with two attached hydrogens (primary N) is 1. The van der Waals surface area contributed by atoms with Crippen LogP contribution >= 0.6 is 0 Å². The van der Waals surface area contributed by atoms with Crippen molar-refractivity contribution in [3.05, 3.63) is 41.5 Å². The smallest absolute Gasteiger partial charge is 0.278 e. The number of rotatable bonds is 3. The molecule has 5 nitrogen and oxygen atoms in total. The molecule has 0 saturated carbocycles. The number of nitrogens with zero attached hydrogens (tertiary/aromatic N) is 1. The number of carbonyl (C=O) groups is 1. The SMILES string of the molecule is CCc1[nH]nc(C(=O)Nc2ccccc2F)c1N. The number of aryl methyl sites for hydroxylation is 1.